The Kier molecular flexibility index (Phi) is 6.85. The lowest BCUT2D eigenvalue weighted by Gasteiger charge is -2.20. The molecular formula is C21H28N2O4S. The van der Waals surface area contributed by atoms with Gasteiger partial charge in [-0.3, -0.25) is 4.79 Å². The first-order valence-corrected chi connectivity index (χ1v) is 10.6. The molecule has 2 aromatic rings. The summed E-state index contributed by atoms with van der Waals surface area (Å²) in [6.07, 6.45) is 0. The van der Waals surface area contributed by atoms with Gasteiger partial charge in [0.15, 0.2) is 0 Å². The van der Waals surface area contributed by atoms with E-state index in [-0.39, 0.29) is 10.8 Å². The van der Waals surface area contributed by atoms with Gasteiger partial charge in [-0.25, -0.2) is 13.1 Å². The van der Waals surface area contributed by atoms with Crippen molar-refractivity contribution in [3.8, 4) is 5.75 Å². The minimum absolute atomic E-state index is 0.122. The van der Waals surface area contributed by atoms with Crippen molar-refractivity contribution >= 4 is 15.9 Å². The molecule has 0 aliphatic rings. The van der Waals surface area contributed by atoms with E-state index in [0.717, 1.165) is 16.9 Å². The van der Waals surface area contributed by atoms with Crippen LogP contribution in [0.15, 0.2) is 47.4 Å². The van der Waals surface area contributed by atoms with Crippen molar-refractivity contribution in [1.29, 1.82) is 0 Å². The Labute approximate surface area is 167 Å². The molecule has 0 aromatic heterocycles. The van der Waals surface area contributed by atoms with Gasteiger partial charge < -0.3 is 10.1 Å². The number of ether oxygens (including phenoxy) is 1. The number of amides is 1. The number of hydrogen-bond donors (Lipinski definition) is 2. The Morgan fingerprint density at radius 3 is 2.11 bits per heavy atom. The summed E-state index contributed by atoms with van der Waals surface area (Å²) in [5.74, 6) is 0.490. The first kappa shape index (κ1) is 21.9. The molecule has 28 heavy (non-hydrogen) atoms. The van der Waals surface area contributed by atoms with Gasteiger partial charge in [-0.1, -0.05) is 6.07 Å². The molecule has 0 heterocycles. The zero-order valence-corrected chi connectivity index (χ0v) is 17.8. The fourth-order valence-corrected chi connectivity index (χ4v) is 4.12. The first-order chi connectivity index (χ1) is 13.0. The molecule has 0 spiro atoms. The molecule has 2 rings (SSSR count). The second kappa shape index (κ2) is 8.75. The Morgan fingerprint density at radius 2 is 1.57 bits per heavy atom. The van der Waals surface area contributed by atoms with Crippen LogP contribution in [-0.4, -0.2) is 33.0 Å². The number of carbonyl (C=O) groups excluding carboxylic acids is 1. The predicted molar refractivity (Wildman–Crippen MR) is 110 cm³/mol. The number of nitrogens with one attached hydrogen (secondary N) is 2. The Balaban J connectivity index is 1.89. The minimum Gasteiger partial charge on any atom is -0.492 e. The largest absolute Gasteiger partial charge is 0.492 e. The normalized spacial score (nSPS) is 11.9. The van der Waals surface area contributed by atoms with Crippen molar-refractivity contribution in [2.24, 2.45) is 0 Å². The molecular weight excluding hydrogens is 376 g/mol. The van der Waals surface area contributed by atoms with Crippen LogP contribution < -0.4 is 14.8 Å². The maximum atomic E-state index is 12.3. The Hall–Kier alpha value is -2.38. The van der Waals surface area contributed by atoms with Crippen molar-refractivity contribution in [3.63, 3.8) is 0 Å². The third-order valence-electron chi connectivity index (χ3n) is 3.72. The average molecular weight is 405 g/mol. The Morgan fingerprint density at radius 1 is 1.00 bits per heavy atom. The summed E-state index contributed by atoms with van der Waals surface area (Å²) in [4.78, 5) is 12.3. The molecule has 152 valence electrons. The zero-order valence-electron chi connectivity index (χ0n) is 17.0. The van der Waals surface area contributed by atoms with E-state index in [4.69, 9.17) is 4.74 Å². The lowest BCUT2D eigenvalue weighted by Crippen LogP contribution is -2.40. The average Bonchev–Trinajstić information content (AvgIpc) is 2.56. The lowest BCUT2D eigenvalue weighted by atomic mass is 10.1. The van der Waals surface area contributed by atoms with E-state index >= 15 is 0 Å². The van der Waals surface area contributed by atoms with Gasteiger partial charge in [-0.2, -0.15) is 0 Å². The zero-order chi connectivity index (χ0) is 20.9. The lowest BCUT2D eigenvalue weighted by molar-refractivity contribution is 0.0947. The van der Waals surface area contributed by atoms with Crippen LogP contribution in [0.1, 0.15) is 42.3 Å². The van der Waals surface area contributed by atoms with Gasteiger partial charge in [0.1, 0.15) is 12.4 Å². The number of benzene rings is 2. The summed E-state index contributed by atoms with van der Waals surface area (Å²) >= 11 is 0. The van der Waals surface area contributed by atoms with Crippen LogP contribution >= 0.6 is 0 Å². The van der Waals surface area contributed by atoms with Crippen molar-refractivity contribution in [3.05, 3.63) is 59.2 Å². The summed E-state index contributed by atoms with van der Waals surface area (Å²) in [5, 5.41) is 2.77. The molecule has 6 nitrogen and oxygen atoms in total. The maximum Gasteiger partial charge on any atom is 0.251 e. The smallest absolute Gasteiger partial charge is 0.251 e. The third-order valence-corrected chi connectivity index (χ3v) is 5.49. The quantitative estimate of drug-likeness (QED) is 0.694. The molecule has 0 bridgehead atoms. The summed E-state index contributed by atoms with van der Waals surface area (Å²) in [7, 11) is -3.62. The molecule has 0 radical (unpaired) electrons. The van der Waals surface area contributed by atoms with E-state index in [9.17, 15) is 13.2 Å². The molecule has 0 saturated carbocycles. The predicted octanol–water partition coefficient (Wildman–Crippen LogP) is 3.19. The monoisotopic (exact) mass is 404 g/mol. The van der Waals surface area contributed by atoms with Gasteiger partial charge in [-0.15, -0.1) is 0 Å². The third kappa shape index (κ3) is 6.65. The molecule has 0 saturated heterocycles. The topological polar surface area (TPSA) is 84.5 Å². The Bertz CT molecular complexity index is 910. The van der Waals surface area contributed by atoms with Crippen LogP contribution in [0, 0.1) is 13.8 Å². The van der Waals surface area contributed by atoms with Crippen molar-refractivity contribution in [2.45, 2.75) is 45.1 Å². The van der Waals surface area contributed by atoms with Crippen LogP contribution in [0.2, 0.25) is 0 Å². The van der Waals surface area contributed by atoms with Crippen molar-refractivity contribution in [2.75, 3.05) is 13.2 Å². The number of sulfonamides is 1. The number of hydrogen-bond acceptors (Lipinski definition) is 4. The van der Waals surface area contributed by atoms with E-state index in [1.807, 2.05) is 26.0 Å². The summed E-state index contributed by atoms with van der Waals surface area (Å²) in [5.41, 5.74) is 2.05. The molecule has 2 N–H and O–H groups in total. The fraction of sp³-hybridized carbons (Fsp3) is 0.381. The highest BCUT2D eigenvalue weighted by atomic mass is 32.2. The number of rotatable bonds is 7. The standard InChI is InChI=1S/C21H28N2O4S/c1-15-12-16(2)14-18(13-15)27-11-10-22-20(24)17-6-8-19(9-7-17)28(25,26)23-21(3,4)5/h6-9,12-14,23H,10-11H2,1-5H3,(H,22,24). The second-order valence-corrected chi connectivity index (χ2v) is 9.49. The van der Waals surface area contributed by atoms with Crippen LogP contribution in [0.3, 0.4) is 0 Å². The first-order valence-electron chi connectivity index (χ1n) is 9.10. The van der Waals surface area contributed by atoms with Crippen molar-refractivity contribution < 1.29 is 17.9 Å². The van der Waals surface area contributed by atoms with Gasteiger partial charge >= 0.3 is 0 Å². The summed E-state index contributed by atoms with van der Waals surface area (Å²) in [6.45, 7) is 10.0. The molecule has 0 atom stereocenters. The van der Waals surface area contributed by atoms with Crippen LogP contribution in [0.5, 0.6) is 5.75 Å². The highest BCUT2D eigenvalue weighted by molar-refractivity contribution is 7.89. The van der Waals surface area contributed by atoms with E-state index < -0.39 is 15.6 Å². The van der Waals surface area contributed by atoms with E-state index in [2.05, 4.69) is 16.1 Å². The molecule has 0 fully saturated rings. The number of carbonyl (C=O) groups is 1. The highest BCUT2D eigenvalue weighted by Crippen LogP contribution is 2.16. The van der Waals surface area contributed by atoms with Gasteiger partial charge in [0.05, 0.1) is 11.4 Å². The van der Waals surface area contributed by atoms with Crippen molar-refractivity contribution in [1.82, 2.24) is 10.0 Å². The van der Waals surface area contributed by atoms with E-state index in [0.29, 0.717) is 18.7 Å². The molecule has 2 aromatic carbocycles. The van der Waals surface area contributed by atoms with Crippen LogP contribution in [0.25, 0.3) is 0 Å². The molecule has 0 aliphatic heterocycles. The van der Waals surface area contributed by atoms with Crippen LogP contribution in [0.4, 0.5) is 0 Å². The van der Waals surface area contributed by atoms with Gasteiger partial charge in [0.25, 0.3) is 5.91 Å². The molecule has 7 heteroatoms. The van der Waals surface area contributed by atoms with Gasteiger partial charge in [-0.05, 0) is 82.1 Å². The number of aryl methyl sites for hydroxylation is 2. The van der Waals surface area contributed by atoms with E-state index in [1.165, 1.54) is 24.3 Å². The minimum atomic E-state index is -3.62. The van der Waals surface area contributed by atoms with Gasteiger partial charge in [0, 0.05) is 11.1 Å². The highest BCUT2D eigenvalue weighted by Gasteiger charge is 2.22. The maximum absolute atomic E-state index is 12.3. The molecule has 0 unspecified atom stereocenters. The van der Waals surface area contributed by atoms with Crippen LogP contribution in [-0.2, 0) is 10.0 Å². The summed E-state index contributed by atoms with van der Waals surface area (Å²) < 4.78 is 32.8. The van der Waals surface area contributed by atoms with Gasteiger partial charge in [0.2, 0.25) is 10.0 Å². The SMILES string of the molecule is Cc1cc(C)cc(OCCNC(=O)c2ccc(S(=O)(=O)NC(C)(C)C)cc2)c1. The fourth-order valence-electron chi connectivity index (χ4n) is 2.70. The second-order valence-electron chi connectivity index (χ2n) is 7.81. The van der Waals surface area contributed by atoms with E-state index in [1.54, 1.807) is 20.8 Å². The molecule has 0 aliphatic carbocycles. The summed E-state index contributed by atoms with van der Waals surface area (Å²) in [6, 6.07) is 11.8. The molecule has 1 amide bonds.